The van der Waals surface area contributed by atoms with Gasteiger partial charge in [0.2, 0.25) is 0 Å². The molecular weight excluding hydrogens is 240 g/mol. The molecule has 0 radical (unpaired) electrons. The first kappa shape index (κ1) is 11.9. The van der Waals surface area contributed by atoms with Crippen molar-refractivity contribution in [2.24, 2.45) is 5.73 Å². The van der Waals surface area contributed by atoms with Crippen LogP contribution < -0.4 is 10.5 Å². The lowest BCUT2D eigenvalue weighted by molar-refractivity contribution is 0.411. The topological polar surface area (TPSA) is 66.0 Å². The Morgan fingerprint density at radius 1 is 1.47 bits per heavy atom. The number of rotatable bonds is 3. The van der Waals surface area contributed by atoms with E-state index in [4.69, 9.17) is 22.1 Å². The number of ether oxygens (including phenoxy) is 1. The minimum absolute atomic E-state index is 0.302. The molecule has 5 nitrogen and oxygen atoms in total. The van der Waals surface area contributed by atoms with E-state index in [1.54, 1.807) is 30.0 Å². The van der Waals surface area contributed by atoms with Crippen molar-refractivity contribution in [2.45, 2.75) is 13.5 Å². The van der Waals surface area contributed by atoms with Crippen molar-refractivity contribution >= 4 is 11.6 Å². The van der Waals surface area contributed by atoms with Gasteiger partial charge in [-0.1, -0.05) is 11.6 Å². The molecule has 6 heteroatoms. The third-order valence-electron chi connectivity index (χ3n) is 2.36. The second-order valence-electron chi connectivity index (χ2n) is 3.51. The van der Waals surface area contributed by atoms with Gasteiger partial charge in [-0.15, -0.1) is 5.10 Å². The lowest BCUT2D eigenvalue weighted by Crippen LogP contribution is -2.03. The van der Waals surface area contributed by atoms with Gasteiger partial charge in [0.15, 0.2) is 5.82 Å². The highest BCUT2D eigenvalue weighted by Crippen LogP contribution is 2.26. The van der Waals surface area contributed by atoms with Crippen molar-refractivity contribution in [3.8, 4) is 11.4 Å². The fourth-order valence-corrected chi connectivity index (χ4v) is 1.75. The Kier molecular flexibility index (Phi) is 3.31. The van der Waals surface area contributed by atoms with E-state index in [0.29, 0.717) is 23.1 Å². The molecule has 17 heavy (non-hydrogen) atoms. The second-order valence-corrected chi connectivity index (χ2v) is 3.94. The second kappa shape index (κ2) is 4.73. The van der Waals surface area contributed by atoms with E-state index in [1.165, 1.54) is 0 Å². The predicted molar refractivity (Wildman–Crippen MR) is 65.5 cm³/mol. The SMILES string of the molecule is COc1ccc(Cl)cc1-n1nc(CN)nc1C. The van der Waals surface area contributed by atoms with E-state index in [0.717, 1.165) is 11.5 Å². The van der Waals surface area contributed by atoms with Crippen LogP contribution in [0.5, 0.6) is 5.75 Å². The third-order valence-corrected chi connectivity index (χ3v) is 2.60. The number of benzene rings is 1. The highest BCUT2D eigenvalue weighted by Gasteiger charge is 2.12. The maximum atomic E-state index is 5.97. The van der Waals surface area contributed by atoms with Crippen LogP contribution in [0.15, 0.2) is 18.2 Å². The summed E-state index contributed by atoms with van der Waals surface area (Å²) in [5.41, 5.74) is 6.27. The number of nitrogens with two attached hydrogens (primary N) is 1. The number of aromatic nitrogens is 3. The lowest BCUT2D eigenvalue weighted by Gasteiger charge is -2.09. The Morgan fingerprint density at radius 3 is 2.82 bits per heavy atom. The Balaban J connectivity index is 2.58. The van der Waals surface area contributed by atoms with Gasteiger partial charge < -0.3 is 10.5 Å². The minimum atomic E-state index is 0.302. The number of hydrogen-bond donors (Lipinski definition) is 1. The van der Waals surface area contributed by atoms with Crippen LogP contribution in [0, 0.1) is 6.92 Å². The number of halogens is 1. The largest absolute Gasteiger partial charge is 0.494 e. The van der Waals surface area contributed by atoms with Gasteiger partial charge >= 0.3 is 0 Å². The molecule has 1 aromatic heterocycles. The zero-order chi connectivity index (χ0) is 12.4. The molecule has 1 aromatic carbocycles. The highest BCUT2D eigenvalue weighted by atomic mass is 35.5. The Hall–Kier alpha value is -1.59. The van der Waals surface area contributed by atoms with Crippen LogP contribution >= 0.6 is 11.6 Å². The minimum Gasteiger partial charge on any atom is -0.494 e. The summed E-state index contributed by atoms with van der Waals surface area (Å²) in [7, 11) is 1.60. The van der Waals surface area contributed by atoms with Gasteiger partial charge in [-0.05, 0) is 25.1 Å². The first-order valence-corrected chi connectivity index (χ1v) is 5.50. The summed E-state index contributed by atoms with van der Waals surface area (Å²) in [6, 6.07) is 5.34. The van der Waals surface area contributed by atoms with E-state index in [1.807, 2.05) is 6.92 Å². The van der Waals surface area contributed by atoms with E-state index in [2.05, 4.69) is 10.1 Å². The lowest BCUT2D eigenvalue weighted by atomic mass is 10.3. The quantitative estimate of drug-likeness (QED) is 0.903. The summed E-state index contributed by atoms with van der Waals surface area (Å²) in [4.78, 5) is 4.24. The maximum absolute atomic E-state index is 5.97. The van der Waals surface area contributed by atoms with Crippen LogP contribution in [0.3, 0.4) is 0 Å². The van der Waals surface area contributed by atoms with Gasteiger partial charge in [0.1, 0.15) is 17.3 Å². The maximum Gasteiger partial charge on any atom is 0.164 e. The molecular formula is C11H13ClN4O. The molecule has 0 atom stereocenters. The van der Waals surface area contributed by atoms with E-state index < -0.39 is 0 Å². The summed E-state index contributed by atoms with van der Waals surface area (Å²) < 4.78 is 6.95. The van der Waals surface area contributed by atoms with E-state index in [-0.39, 0.29) is 0 Å². The molecule has 0 saturated heterocycles. The molecule has 0 aliphatic rings. The third kappa shape index (κ3) is 2.25. The monoisotopic (exact) mass is 252 g/mol. The van der Waals surface area contributed by atoms with Crippen LogP contribution in [0.4, 0.5) is 0 Å². The fraction of sp³-hybridized carbons (Fsp3) is 0.273. The molecule has 0 unspecified atom stereocenters. The van der Waals surface area contributed by atoms with Gasteiger partial charge in [-0.25, -0.2) is 9.67 Å². The predicted octanol–water partition coefficient (Wildman–Crippen LogP) is 1.70. The number of hydrogen-bond acceptors (Lipinski definition) is 4. The Labute approximate surface area is 104 Å². The van der Waals surface area contributed by atoms with Crippen molar-refractivity contribution in [2.75, 3.05) is 7.11 Å². The molecule has 2 rings (SSSR count). The summed E-state index contributed by atoms with van der Waals surface area (Å²) in [5, 5.41) is 4.91. The molecule has 2 aromatic rings. The number of methoxy groups -OCH3 is 1. The molecule has 90 valence electrons. The summed E-state index contributed by atoms with van der Waals surface area (Å²) >= 11 is 5.97. The molecule has 0 amide bonds. The summed E-state index contributed by atoms with van der Waals surface area (Å²) in [6.07, 6.45) is 0. The van der Waals surface area contributed by atoms with Crippen LogP contribution in [-0.2, 0) is 6.54 Å². The normalized spacial score (nSPS) is 10.6. The van der Waals surface area contributed by atoms with Gasteiger partial charge in [0.25, 0.3) is 0 Å². The van der Waals surface area contributed by atoms with Crippen molar-refractivity contribution < 1.29 is 4.74 Å². The average molecular weight is 253 g/mol. The van der Waals surface area contributed by atoms with Crippen molar-refractivity contribution in [3.05, 3.63) is 34.9 Å². The summed E-state index contributed by atoms with van der Waals surface area (Å²) in [5.74, 6) is 2.02. The van der Waals surface area contributed by atoms with Gasteiger partial charge in [-0.3, -0.25) is 0 Å². The molecule has 0 fully saturated rings. The molecule has 0 aliphatic heterocycles. The molecule has 2 N–H and O–H groups in total. The van der Waals surface area contributed by atoms with E-state index in [9.17, 15) is 0 Å². The fourth-order valence-electron chi connectivity index (χ4n) is 1.59. The van der Waals surface area contributed by atoms with E-state index >= 15 is 0 Å². The first-order chi connectivity index (χ1) is 8.15. The standard InChI is InChI=1S/C11H13ClN4O/c1-7-14-11(6-13)15-16(7)9-5-8(12)3-4-10(9)17-2/h3-5H,6,13H2,1-2H3. The summed E-state index contributed by atoms with van der Waals surface area (Å²) in [6.45, 7) is 2.16. The Bertz CT molecular complexity index is 538. The van der Waals surface area contributed by atoms with Crippen LogP contribution in [0.1, 0.15) is 11.6 Å². The number of aryl methyl sites for hydroxylation is 1. The molecule has 1 heterocycles. The molecule has 0 aliphatic carbocycles. The van der Waals surface area contributed by atoms with Gasteiger partial charge in [-0.2, -0.15) is 0 Å². The Morgan fingerprint density at radius 2 is 2.24 bits per heavy atom. The van der Waals surface area contributed by atoms with Gasteiger partial charge in [0.05, 0.1) is 13.7 Å². The smallest absolute Gasteiger partial charge is 0.164 e. The molecule has 0 spiro atoms. The number of nitrogens with zero attached hydrogens (tertiary/aromatic N) is 3. The zero-order valence-corrected chi connectivity index (χ0v) is 10.4. The van der Waals surface area contributed by atoms with Gasteiger partial charge in [0, 0.05) is 5.02 Å². The zero-order valence-electron chi connectivity index (χ0n) is 9.64. The van der Waals surface area contributed by atoms with Crippen molar-refractivity contribution in [1.82, 2.24) is 14.8 Å². The molecule has 0 bridgehead atoms. The van der Waals surface area contributed by atoms with Crippen molar-refractivity contribution in [3.63, 3.8) is 0 Å². The molecule has 0 saturated carbocycles. The van der Waals surface area contributed by atoms with Crippen molar-refractivity contribution in [1.29, 1.82) is 0 Å². The highest BCUT2D eigenvalue weighted by molar-refractivity contribution is 6.30. The van der Waals surface area contributed by atoms with Crippen LogP contribution in [0.2, 0.25) is 5.02 Å². The first-order valence-electron chi connectivity index (χ1n) is 5.12. The van der Waals surface area contributed by atoms with Crippen LogP contribution in [0.25, 0.3) is 5.69 Å². The van der Waals surface area contributed by atoms with Crippen LogP contribution in [-0.4, -0.2) is 21.9 Å². The average Bonchev–Trinajstić information content (AvgIpc) is 2.70.